The van der Waals surface area contributed by atoms with Crippen LogP contribution < -0.4 is 0 Å². The van der Waals surface area contributed by atoms with Crippen LogP contribution in [0.4, 0.5) is 0 Å². The molecule has 40 valence electrons. The molecule has 7 heavy (non-hydrogen) atoms. The molecule has 0 aromatic carbocycles. The number of hydrogen-bond donors (Lipinski definition) is 0. The summed E-state index contributed by atoms with van der Waals surface area (Å²) in [5.74, 6) is 0. The van der Waals surface area contributed by atoms with E-state index in [2.05, 4.69) is 15.9 Å². The van der Waals surface area contributed by atoms with Crippen molar-refractivity contribution in [2.75, 3.05) is 0 Å². The van der Waals surface area contributed by atoms with Gasteiger partial charge in [-0.2, -0.15) is 0 Å². The van der Waals surface area contributed by atoms with Crippen LogP contribution in [0.2, 0.25) is 0 Å². The van der Waals surface area contributed by atoms with Gasteiger partial charge in [-0.3, -0.25) is 0 Å². The summed E-state index contributed by atoms with van der Waals surface area (Å²) in [6.45, 7) is 3.98. The molecule has 0 bridgehead atoms. The summed E-state index contributed by atoms with van der Waals surface area (Å²) in [7, 11) is 0. The third-order valence-electron chi connectivity index (χ3n) is 0.602. The second kappa shape index (κ2) is 4.13. The minimum absolute atomic E-state index is 1.13. The molecule has 0 aliphatic rings. The Bertz CT molecular complexity index is 90.4. The van der Waals surface area contributed by atoms with E-state index in [4.69, 9.17) is 0 Å². The number of allylic oxidation sites excluding steroid dienone is 4. The molecular weight excluding hydrogens is 152 g/mol. The van der Waals surface area contributed by atoms with Gasteiger partial charge in [0.25, 0.3) is 0 Å². The van der Waals surface area contributed by atoms with E-state index in [1.54, 1.807) is 0 Å². The molecule has 1 heteroatoms. The second-order valence-electron chi connectivity index (χ2n) is 1.17. The van der Waals surface area contributed by atoms with Gasteiger partial charge in [-0.05, 0) is 13.8 Å². The Balaban J connectivity index is 3.58. The van der Waals surface area contributed by atoms with Gasteiger partial charge in [-0.1, -0.05) is 34.2 Å². The molecule has 0 aliphatic heterocycles. The largest absolute Gasteiger partial charge is 0.0866 e. The van der Waals surface area contributed by atoms with Crippen LogP contribution in [0, 0.1) is 0 Å². The average molecular weight is 161 g/mol. The van der Waals surface area contributed by atoms with E-state index in [0.29, 0.717) is 0 Å². The first kappa shape index (κ1) is 6.96. The first-order valence-electron chi connectivity index (χ1n) is 2.25. The van der Waals surface area contributed by atoms with E-state index >= 15 is 0 Å². The van der Waals surface area contributed by atoms with Gasteiger partial charge in [-0.15, -0.1) is 0 Å². The van der Waals surface area contributed by atoms with E-state index < -0.39 is 0 Å². The van der Waals surface area contributed by atoms with E-state index in [1.165, 1.54) is 0 Å². The van der Waals surface area contributed by atoms with Gasteiger partial charge >= 0.3 is 0 Å². The third-order valence-corrected chi connectivity index (χ3v) is 1.32. The molecule has 0 amide bonds. The van der Waals surface area contributed by atoms with Crippen molar-refractivity contribution in [3.05, 3.63) is 22.7 Å². The Morgan fingerprint density at radius 1 is 1.43 bits per heavy atom. The van der Waals surface area contributed by atoms with Crippen molar-refractivity contribution in [3.8, 4) is 0 Å². The molecule has 0 radical (unpaired) electrons. The standard InChI is InChI=1S/C6H9Br/c1-3-5-6(7)4-2/h3-5H,1-2H3/b5-3+,6-4+. The van der Waals surface area contributed by atoms with Gasteiger partial charge in [0.05, 0.1) is 0 Å². The molecule has 0 fully saturated rings. The Labute approximate surface area is 53.1 Å². The highest BCUT2D eigenvalue weighted by molar-refractivity contribution is 9.11. The highest BCUT2D eigenvalue weighted by Gasteiger charge is 1.72. The minimum atomic E-state index is 1.13. The summed E-state index contributed by atoms with van der Waals surface area (Å²) in [4.78, 5) is 0. The number of rotatable bonds is 1. The fraction of sp³-hybridized carbons (Fsp3) is 0.333. The molecule has 0 unspecified atom stereocenters. The lowest BCUT2D eigenvalue weighted by molar-refractivity contribution is 1.67. The zero-order valence-corrected chi connectivity index (χ0v) is 6.20. The third kappa shape index (κ3) is 3.80. The Morgan fingerprint density at radius 3 is 2.14 bits per heavy atom. The lowest BCUT2D eigenvalue weighted by atomic mass is 10.5. The lowest BCUT2D eigenvalue weighted by Crippen LogP contribution is -1.53. The normalized spacial score (nSPS) is 13.3. The zero-order valence-electron chi connectivity index (χ0n) is 4.61. The van der Waals surface area contributed by atoms with Crippen molar-refractivity contribution in [2.45, 2.75) is 13.8 Å². The highest BCUT2D eigenvalue weighted by atomic mass is 79.9. The molecule has 0 atom stereocenters. The smallest absolute Gasteiger partial charge is 0.0129 e. The molecule has 0 rings (SSSR count). The summed E-state index contributed by atoms with van der Waals surface area (Å²) >= 11 is 3.31. The summed E-state index contributed by atoms with van der Waals surface area (Å²) in [6, 6.07) is 0. The molecule has 0 nitrogen and oxygen atoms in total. The van der Waals surface area contributed by atoms with Crippen molar-refractivity contribution >= 4 is 15.9 Å². The molecule has 0 heterocycles. The Morgan fingerprint density at radius 2 is 2.00 bits per heavy atom. The monoisotopic (exact) mass is 160 g/mol. The van der Waals surface area contributed by atoms with Crippen LogP contribution in [0.25, 0.3) is 0 Å². The van der Waals surface area contributed by atoms with Crippen molar-refractivity contribution < 1.29 is 0 Å². The summed E-state index contributed by atoms with van der Waals surface area (Å²) in [6.07, 6.45) is 5.99. The topological polar surface area (TPSA) is 0 Å². The van der Waals surface area contributed by atoms with Gasteiger partial charge in [0, 0.05) is 4.48 Å². The zero-order chi connectivity index (χ0) is 5.70. The summed E-state index contributed by atoms with van der Waals surface area (Å²) in [5, 5.41) is 0. The predicted octanol–water partition coefficient (Wildman–Crippen LogP) is 2.86. The van der Waals surface area contributed by atoms with Crippen molar-refractivity contribution in [1.82, 2.24) is 0 Å². The predicted molar refractivity (Wildman–Crippen MR) is 37.5 cm³/mol. The highest BCUT2D eigenvalue weighted by Crippen LogP contribution is 2.04. The Kier molecular flexibility index (Phi) is 4.10. The van der Waals surface area contributed by atoms with Crippen LogP contribution in [0.1, 0.15) is 13.8 Å². The van der Waals surface area contributed by atoms with Gasteiger partial charge in [0.1, 0.15) is 0 Å². The maximum Gasteiger partial charge on any atom is 0.0129 e. The molecule has 0 saturated heterocycles. The van der Waals surface area contributed by atoms with Crippen molar-refractivity contribution in [3.63, 3.8) is 0 Å². The molecule has 0 aromatic rings. The molecular formula is C6H9Br. The van der Waals surface area contributed by atoms with E-state index in [1.807, 2.05) is 32.1 Å². The van der Waals surface area contributed by atoms with Crippen LogP contribution in [0.3, 0.4) is 0 Å². The van der Waals surface area contributed by atoms with Gasteiger partial charge in [0.2, 0.25) is 0 Å². The van der Waals surface area contributed by atoms with E-state index in [9.17, 15) is 0 Å². The van der Waals surface area contributed by atoms with Crippen molar-refractivity contribution in [2.24, 2.45) is 0 Å². The lowest BCUT2D eigenvalue weighted by Gasteiger charge is -1.78. The molecule has 0 aromatic heterocycles. The van der Waals surface area contributed by atoms with Gasteiger partial charge in [0.15, 0.2) is 0 Å². The van der Waals surface area contributed by atoms with Gasteiger partial charge in [-0.25, -0.2) is 0 Å². The summed E-state index contributed by atoms with van der Waals surface area (Å²) in [5.41, 5.74) is 0. The molecule has 0 spiro atoms. The van der Waals surface area contributed by atoms with Crippen LogP contribution >= 0.6 is 15.9 Å². The van der Waals surface area contributed by atoms with E-state index in [-0.39, 0.29) is 0 Å². The first-order valence-corrected chi connectivity index (χ1v) is 3.05. The number of halogens is 1. The first-order chi connectivity index (χ1) is 3.31. The van der Waals surface area contributed by atoms with Gasteiger partial charge < -0.3 is 0 Å². The molecule has 0 aliphatic carbocycles. The summed E-state index contributed by atoms with van der Waals surface area (Å²) < 4.78 is 1.13. The SMILES string of the molecule is C/C=C/C(Br)=C\C. The number of hydrogen-bond acceptors (Lipinski definition) is 0. The van der Waals surface area contributed by atoms with Crippen LogP contribution in [0.5, 0.6) is 0 Å². The fourth-order valence-electron chi connectivity index (χ4n) is 0.255. The average Bonchev–Trinajstić information content (AvgIpc) is 1.68. The molecule has 0 N–H and O–H groups in total. The maximum atomic E-state index is 3.31. The maximum absolute atomic E-state index is 3.31. The second-order valence-corrected chi connectivity index (χ2v) is 2.09. The minimum Gasteiger partial charge on any atom is -0.0866 e. The van der Waals surface area contributed by atoms with Crippen LogP contribution in [-0.4, -0.2) is 0 Å². The fourth-order valence-corrected chi connectivity index (χ4v) is 0.520. The van der Waals surface area contributed by atoms with E-state index in [0.717, 1.165) is 4.48 Å². The van der Waals surface area contributed by atoms with Crippen LogP contribution in [-0.2, 0) is 0 Å². The van der Waals surface area contributed by atoms with Crippen molar-refractivity contribution in [1.29, 1.82) is 0 Å². The molecule has 0 saturated carbocycles. The quantitative estimate of drug-likeness (QED) is 0.518. The Hall–Kier alpha value is -0.0400. The van der Waals surface area contributed by atoms with Crippen LogP contribution in [0.15, 0.2) is 22.7 Å².